The molecule has 0 saturated carbocycles. The molecule has 0 radical (unpaired) electrons. The van der Waals surface area contributed by atoms with E-state index < -0.39 is 5.91 Å². The first kappa shape index (κ1) is 20.8. The molecule has 0 aliphatic carbocycles. The maximum Gasteiger partial charge on any atom is 0.249 e. The predicted octanol–water partition coefficient (Wildman–Crippen LogP) is 5.11. The summed E-state index contributed by atoms with van der Waals surface area (Å²) in [5, 5.41) is 19.7. The van der Waals surface area contributed by atoms with E-state index in [-0.39, 0.29) is 18.8 Å². The summed E-state index contributed by atoms with van der Waals surface area (Å²) in [7, 11) is 0. The molecule has 5 heteroatoms. The Labute approximate surface area is 186 Å². The summed E-state index contributed by atoms with van der Waals surface area (Å²) >= 11 is 0. The molecular formula is C27H20N4O. The van der Waals surface area contributed by atoms with Crippen molar-refractivity contribution in [2.24, 2.45) is 5.73 Å². The van der Waals surface area contributed by atoms with E-state index in [2.05, 4.69) is 12.1 Å². The van der Waals surface area contributed by atoms with E-state index in [0.29, 0.717) is 27.7 Å². The molecule has 3 aromatic carbocycles. The fourth-order valence-corrected chi connectivity index (χ4v) is 4.21. The maximum atomic E-state index is 12.8. The quantitative estimate of drug-likeness (QED) is 0.471. The number of aromatic nitrogens is 1. The smallest absolute Gasteiger partial charge is 0.249 e. The molecule has 0 fully saturated rings. The number of fused-ring (bicyclic) bond motifs is 1. The van der Waals surface area contributed by atoms with Gasteiger partial charge in [0.2, 0.25) is 5.91 Å². The van der Waals surface area contributed by atoms with E-state index >= 15 is 0 Å². The van der Waals surface area contributed by atoms with Crippen LogP contribution in [-0.2, 0) is 6.42 Å². The zero-order chi connectivity index (χ0) is 22.5. The molecule has 0 saturated heterocycles. The van der Waals surface area contributed by atoms with Crippen LogP contribution in [0, 0.1) is 22.7 Å². The fraction of sp³-hybridized carbons (Fsp3) is 0.111. The normalized spacial score (nSPS) is 11.4. The van der Waals surface area contributed by atoms with Gasteiger partial charge in [-0.1, -0.05) is 72.8 Å². The van der Waals surface area contributed by atoms with Crippen LogP contribution in [-0.4, -0.2) is 10.9 Å². The van der Waals surface area contributed by atoms with Gasteiger partial charge < -0.3 is 5.73 Å². The minimum absolute atomic E-state index is 0.00592. The van der Waals surface area contributed by atoms with Crippen molar-refractivity contribution in [2.75, 3.05) is 0 Å². The summed E-state index contributed by atoms with van der Waals surface area (Å²) in [6.07, 6.45) is 0.226. The van der Waals surface area contributed by atoms with E-state index in [1.165, 1.54) is 0 Å². The largest absolute Gasteiger partial charge is 0.366 e. The van der Waals surface area contributed by atoms with Crippen molar-refractivity contribution in [1.82, 2.24) is 4.98 Å². The third kappa shape index (κ3) is 3.80. The van der Waals surface area contributed by atoms with Crippen molar-refractivity contribution < 1.29 is 4.79 Å². The van der Waals surface area contributed by atoms with Gasteiger partial charge in [0.25, 0.3) is 0 Å². The molecule has 0 aliphatic rings. The van der Waals surface area contributed by atoms with Gasteiger partial charge in [-0.2, -0.15) is 10.5 Å². The second-order valence-corrected chi connectivity index (χ2v) is 7.45. The SMILES string of the molecule is N#CCc1c(-c2ccccc2)nc2cccc([C@@H](CC#N)c3ccccc3)c2c1C(N)=O. The molecule has 1 atom stereocenters. The predicted molar refractivity (Wildman–Crippen MR) is 124 cm³/mol. The van der Waals surface area contributed by atoms with Crippen LogP contribution in [0.5, 0.6) is 0 Å². The average molecular weight is 416 g/mol. The zero-order valence-corrected chi connectivity index (χ0v) is 17.3. The summed E-state index contributed by atoms with van der Waals surface area (Å²) in [6.45, 7) is 0. The Kier molecular flexibility index (Phi) is 5.92. The molecule has 1 aromatic heterocycles. The number of nitrogens with zero attached hydrogens (tertiary/aromatic N) is 3. The van der Waals surface area contributed by atoms with Crippen LogP contribution in [0.25, 0.3) is 22.2 Å². The Morgan fingerprint density at radius 3 is 2.22 bits per heavy atom. The minimum Gasteiger partial charge on any atom is -0.366 e. The maximum absolute atomic E-state index is 12.8. The highest BCUT2D eigenvalue weighted by Gasteiger charge is 2.25. The van der Waals surface area contributed by atoms with Crippen molar-refractivity contribution in [3.05, 3.63) is 101 Å². The topological polar surface area (TPSA) is 104 Å². The summed E-state index contributed by atoms with van der Waals surface area (Å²) in [5.74, 6) is -0.877. The lowest BCUT2D eigenvalue weighted by molar-refractivity contribution is 0.100. The van der Waals surface area contributed by atoms with Gasteiger partial charge in [-0.3, -0.25) is 4.79 Å². The Balaban J connectivity index is 2.10. The summed E-state index contributed by atoms with van der Waals surface area (Å²) < 4.78 is 0. The van der Waals surface area contributed by atoms with Gasteiger partial charge in [-0.15, -0.1) is 0 Å². The van der Waals surface area contributed by atoms with E-state index in [1.807, 2.05) is 78.9 Å². The van der Waals surface area contributed by atoms with E-state index in [4.69, 9.17) is 10.7 Å². The van der Waals surface area contributed by atoms with E-state index in [0.717, 1.165) is 16.7 Å². The number of benzene rings is 3. The molecule has 0 spiro atoms. The molecule has 5 nitrogen and oxygen atoms in total. The zero-order valence-electron chi connectivity index (χ0n) is 17.3. The van der Waals surface area contributed by atoms with Gasteiger partial charge in [0, 0.05) is 28.9 Å². The van der Waals surface area contributed by atoms with Crippen molar-refractivity contribution in [2.45, 2.75) is 18.8 Å². The molecule has 1 heterocycles. The lowest BCUT2D eigenvalue weighted by atomic mass is 9.83. The molecule has 4 rings (SSSR count). The number of primary amides is 1. The molecule has 0 aliphatic heterocycles. The first-order valence-electron chi connectivity index (χ1n) is 10.2. The van der Waals surface area contributed by atoms with Crippen molar-refractivity contribution in [1.29, 1.82) is 10.5 Å². The average Bonchev–Trinajstić information content (AvgIpc) is 2.83. The fourth-order valence-electron chi connectivity index (χ4n) is 4.21. The van der Waals surface area contributed by atoms with E-state index in [1.54, 1.807) is 0 Å². The second-order valence-electron chi connectivity index (χ2n) is 7.45. The third-order valence-electron chi connectivity index (χ3n) is 5.57. The molecule has 1 amide bonds. The van der Waals surface area contributed by atoms with Crippen LogP contribution in [0.2, 0.25) is 0 Å². The number of amides is 1. The highest BCUT2D eigenvalue weighted by Crippen LogP contribution is 2.38. The van der Waals surface area contributed by atoms with Crippen molar-refractivity contribution in [3.63, 3.8) is 0 Å². The summed E-state index contributed by atoms with van der Waals surface area (Å²) in [5.41, 5.74) is 10.5. The highest BCUT2D eigenvalue weighted by atomic mass is 16.1. The molecule has 154 valence electrons. The van der Waals surface area contributed by atoms with Crippen LogP contribution in [0.15, 0.2) is 78.9 Å². The van der Waals surface area contributed by atoms with Crippen LogP contribution >= 0.6 is 0 Å². The number of pyridine rings is 1. The molecular weight excluding hydrogens is 396 g/mol. The van der Waals surface area contributed by atoms with E-state index in [9.17, 15) is 15.3 Å². The van der Waals surface area contributed by atoms with Gasteiger partial charge in [-0.05, 0) is 17.2 Å². The van der Waals surface area contributed by atoms with Gasteiger partial charge in [0.05, 0.1) is 35.3 Å². The highest BCUT2D eigenvalue weighted by molar-refractivity contribution is 6.09. The number of nitrogens with two attached hydrogens (primary N) is 1. The Hall–Kier alpha value is -4.48. The van der Waals surface area contributed by atoms with Gasteiger partial charge in [0.15, 0.2) is 0 Å². The van der Waals surface area contributed by atoms with Crippen LogP contribution < -0.4 is 5.73 Å². The number of carbonyl (C=O) groups is 1. The Bertz CT molecular complexity index is 1370. The van der Waals surface area contributed by atoms with Crippen LogP contribution in [0.3, 0.4) is 0 Å². The second kappa shape index (κ2) is 9.12. The number of hydrogen-bond acceptors (Lipinski definition) is 4. The minimum atomic E-state index is -0.615. The van der Waals surface area contributed by atoms with Gasteiger partial charge in [-0.25, -0.2) is 4.98 Å². The van der Waals surface area contributed by atoms with Gasteiger partial charge >= 0.3 is 0 Å². The standard InChI is InChI=1S/C27H20N4O/c28-16-14-20(18-8-3-1-4-9-18)21-12-7-13-23-24(21)25(27(30)32)22(15-17-29)26(31-23)19-10-5-2-6-11-19/h1-13,20H,14-15H2,(H2,30,32)/t20-/m0/s1. The Morgan fingerprint density at radius 1 is 0.906 bits per heavy atom. The number of rotatable bonds is 6. The monoisotopic (exact) mass is 416 g/mol. The lowest BCUT2D eigenvalue weighted by Crippen LogP contribution is -2.17. The number of nitriles is 2. The number of carbonyl (C=O) groups excluding carboxylic acids is 1. The molecule has 0 unspecified atom stereocenters. The van der Waals surface area contributed by atoms with Crippen LogP contribution in [0.1, 0.15) is 39.4 Å². The first-order valence-corrected chi connectivity index (χ1v) is 10.2. The Morgan fingerprint density at radius 2 is 1.59 bits per heavy atom. The van der Waals surface area contributed by atoms with Gasteiger partial charge in [0.1, 0.15) is 0 Å². The van der Waals surface area contributed by atoms with Crippen LogP contribution in [0.4, 0.5) is 0 Å². The molecule has 2 N–H and O–H groups in total. The van der Waals surface area contributed by atoms with Crippen molar-refractivity contribution in [3.8, 4) is 23.4 Å². The molecule has 4 aromatic rings. The molecule has 32 heavy (non-hydrogen) atoms. The first-order chi connectivity index (χ1) is 15.7. The third-order valence-corrected chi connectivity index (χ3v) is 5.57. The number of hydrogen-bond donors (Lipinski definition) is 1. The van der Waals surface area contributed by atoms with Crippen molar-refractivity contribution >= 4 is 16.8 Å². The molecule has 0 bridgehead atoms. The summed E-state index contributed by atoms with van der Waals surface area (Å²) in [4.78, 5) is 17.6. The summed E-state index contributed by atoms with van der Waals surface area (Å²) in [6, 6.07) is 29.2. The lowest BCUT2D eigenvalue weighted by Gasteiger charge is -2.21.